The monoisotopic (exact) mass is 365 g/mol. The minimum absolute atomic E-state index is 0.0429. The maximum atomic E-state index is 12.0. The van der Waals surface area contributed by atoms with Crippen LogP contribution in [-0.4, -0.2) is 42.9 Å². The zero-order valence-corrected chi connectivity index (χ0v) is 15.6. The van der Waals surface area contributed by atoms with Gasteiger partial charge in [0.05, 0.1) is 0 Å². The summed E-state index contributed by atoms with van der Waals surface area (Å²) in [6, 6.07) is 17.7. The van der Waals surface area contributed by atoms with Crippen LogP contribution in [-0.2, 0) is 17.8 Å². The van der Waals surface area contributed by atoms with Gasteiger partial charge in [-0.3, -0.25) is 14.5 Å². The first-order valence-corrected chi connectivity index (χ1v) is 9.61. The Morgan fingerprint density at radius 2 is 1.63 bits per heavy atom. The van der Waals surface area contributed by atoms with E-state index < -0.39 is 0 Å². The van der Waals surface area contributed by atoms with Crippen LogP contribution in [0.5, 0.6) is 0 Å². The lowest BCUT2D eigenvalue weighted by Crippen LogP contribution is -2.38. The van der Waals surface area contributed by atoms with Gasteiger partial charge in [0.25, 0.3) is 5.91 Å². The van der Waals surface area contributed by atoms with E-state index in [1.54, 1.807) is 12.1 Å². The molecule has 2 aromatic rings. The first kappa shape index (κ1) is 19.1. The van der Waals surface area contributed by atoms with Crippen LogP contribution in [0.4, 0.5) is 0 Å². The Morgan fingerprint density at radius 3 is 2.44 bits per heavy atom. The number of rotatable bonds is 8. The number of benzene rings is 2. The molecule has 0 saturated carbocycles. The van der Waals surface area contributed by atoms with E-state index in [0.717, 1.165) is 26.1 Å². The number of carbonyl (C=O) groups is 2. The van der Waals surface area contributed by atoms with Gasteiger partial charge >= 0.3 is 0 Å². The Morgan fingerprint density at radius 1 is 0.889 bits per heavy atom. The molecule has 1 heterocycles. The van der Waals surface area contributed by atoms with Crippen molar-refractivity contribution in [1.29, 1.82) is 0 Å². The lowest BCUT2D eigenvalue weighted by atomic mass is 10.00. The number of fused-ring (bicyclic) bond motifs is 1. The van der Waals surface area contributed by atoms with Crippen molar-refractivity contribution in [1.82, 2.24) is 15.5 Å². The van der Waals surface area contributed by atoms with Crippen molar-refractivity contribution >= 4 is 11.8 Å². The molecule has 0 fully saturated rings. The predicted molar refractivity (Wildman–Crippen MR) is 106 cm³/mol. The molecule has 0 atom stereocenters. The standard InChI is InChI=1S/C22H27N3O2/c26-21(11-6-13-24-22(27)19-8-2-1-3-9-19)23-14-16-25-15-12-18-7-4-5-10-20(18)17-25/h1-5,7-10H,6,11-17H2,(H,23,26)(H,24,27). The second-order valence-electron chi connectivity index (χ2n) is 6.87. The van der Waals surface area contributed by atoms with E-state index in [4.69, 9.17) is 0 Å². The molecule has 0 bridgehead atoms. The Bertz CT molecular complexity index is 761. The molecular weight excluding hydrogens is 338 g/mol. The minimum atomic E-state index is -0.0959. The average molecular weight is 365 g/mol. The van der Waals surface area contributed by atoms with E-state index >= 15 is 0 Å². The molecule has 5 heteroatoms. The zero-order chi connectivity index (χ0) is 18.9. The summed E-state index contributed by atoms with van der Waals surface area (Å²) in [5, 5.41) is 5.82. The van der Waals surface area contributed by atoms with Crippen LogP contribution in [0.2, 0.25) is 0 Å². The predicted octanol–water partition coefficient (Wildman–Crippen LogP) is 2.37. The summed E-state index contributed by atoms with van der Waals surface area (Å²) >= 11 is 0. The van der Waals surface area contributed by atoms with Crippen molar-refractivity contribution in [2.75, 3.05) is 26.2 Å². The van der Waals surface area contributed by atoms with Crippen molar-refractivity contribution in [3.8, 4) is 0 Å². The third-order valence-corrected chi connectivity index (χ3v) is 4.86. The fraction of sp³-hybridized carbons (Fsp3) is 0.364. The summed E-state index contributed by atoms with van der Waals surface area (Å²) in [5.41, 5.74) is 3.48. The number of hydrogen-bond acceptors (Lipinski definition) is 3. The molecule has 2 amide bonds. The van der Waals surface area contributed by atoms with Gasteiger partial charge in [-0.1, -0.05) is 42.5 Å². The summed E-state index contributed by atoms with van der Waals surface area (Å²) in [4.78, 5) is 26.2. The summed E-state index contributed by atoms with van der Waals surface area (Å²) in [5.74, 6) is -0.0530. The molecule has 0 aromatic heterocycles. The van der Waals surface area contributed by atoms with Gasteiger partial charge in [0.15, 0.2) is 0 Å². The highest BCUT2D eigenvalue weighted by Crippen LogP contribution is 2.17. The molecule has 5 nitrogen and oxygen atoms in total. The fourth-order valence-corrected chi connectivity index (χ4v) is 3.33. The molecule has 142 valence electrons. The van der Waals surface area contributed by atoms with Gasteiger partial charge in [0.2, 0.25) is 5.91 Å². The molecule has 2 N–H and O–H groups in total. The molecule has 0 aliphatic carbocycles. The van der Waals surface area contributed by atoms with Crippen LogP contribution in [0.1, 0.15) is 34.3 Å². The van der Waals surface area contributed by atoms with Gasteiger partial charge in [-0.15, -0.1) is 0 Å². The number of nitrogens with zero attached hydrogens (tertiary/aromatic N) is 1. The molecule has 0 spiro atoms. The SMILES string of the molecule is O=C(CCCNC(=O)c1ccccc1)NCCN1CCc2ccccc2C1. The molecule has 2 aromatic carbocycles. The largest absolute Gasteiger partial charge is 0.355 e. The summed E-state index contributed by atoms with van der Waals surface area (Å²) < 4.78 is 0. The quantitative estimate of drug-likeness (QED) is 0.706. The van der Waals surface area contributed by atoms with Crippen molar-refractivity contribution < 1.29 is 9.59 Å². The van der Waals surface area contributed by atoms with E-state index in [1.807, 2.05) is 18.2 Å². The molecule has 0 unspecified atom stereocenters. The van der Waals surface area contributed by atoms with Gasteiger partial charge < -0.3 is 10.6 Å². The number of amides is 2. The zero-order valence-electron chi connectivity index (χ0n) is 15.6. The number of carbonyl (C=O) groups excluding carboxylic acids is 2. The van der Waals surface area contributed by atoms with Crippen LogP contribution in [0.3, 0.4) is 0 Å². The van der Waals surface area contributed by atoms with Crippen LogP contribution in [0.25, 0.3) is 0 Å². The van der Waals surface area contributed by atoms with Gasteiger partial charge in [0, 0.05) is 44.7 Å². The highest BCUT2D eigenvalue weighted by atomic mass is 16.2. The van der Waals surface area contributed by atoms with E-state index in [1.165, 1.54) is 11.1 Å². The minimum Gasteiger partial charge on any atom is -0.355 e. The Labute approximate surface area is 160 Å². The smallest absolute Gasteiger partial charge is 0.251 e. The first-order chi connectivity index (χ1) is 13.2. The summed E-state index contributed by atoms with van der Waals surface area (Å²) in [7, 11) is 0. The third kappa shape index (κ3) is 5.93. The fourth-order valence-electron chi connectivity index (χ4n) is 3.33. The van der Waals surface area contributed by atoms with Crippen molar-refractivity contribution in [2.24, 2.45) is 0 Å². The summed E-state index contributed by atoms with van der Waals surface area (Å²) in [6.45, 7) is 4.03. The van der Waals surface area contributed by atoms with E-state index in [0.29, 0.717) is 31.5 Å². The molecule has 0 radical (unpaired) electrons. The highest BCUT2D eigenvalue weighted by Gasteiger charge is 2.15. The van der Waals surface area contributed by atoms with E-state index in [9.17, 15) is 9.59 Å². The van der Waals surface area contributed by atoms with Crippen LogP contribution >= 0.6 is 0 Å². The molecule has 1 aliphatic heterocycles. The van der Waals surface area contributed by atoms with Crippen molar-refractivity contribution in [3.63, 3.8) is 0 Å². The maximum Gasteiger partial charge on any atom is 0.251 e. The highest BCUT2D eigenvalue weighted by molar-refractivity contribution is 5.94. The van der Waals surface area contributed by atoms with Gasteiger partial charge in [0.1, 0.15) is 0 Å². The lowest BCUT2D eigenvalue weighted by molar-refractivity contribution is -0.121. The first-order valence-electron chi connectivity index (χ1n) is 9.61. The van der Waals surface area contributed by atoms with Crippen molar-refractivity contribution in [2.45, 2.75) is 25.8 Å². The second kappa shape index (κ2) is 9.88. The molecular formula is C22H27N3O2. The van der Waals surface area contributed by atoms with Crippen molar-refractivity contribution in [3.05, 3.63) is 71.3 Å². The number of nitrogens with one attached hydrogen (secondary N) is 2. The summed E-state index contributed by atoms with van der Waals surface area (Å²) in [6.07, 6.45) is 2.14. The second-order valence-corrected chi connectivity index (χ2v) is 6.87. The van der Waals surface area contributed by atoms with Crippen LogP contribution in [0, 0.1) is 0 Å². The number of hydrogen-bond donors (Lipinski definition) is 2. The van der Waals surface area contributed by atoms with Gasteiger partial charge in [-0.25, -0.2) is 0 Å². The van der Waals surface area contributed by atoms with Gasteiger partial charge in [-0.05, 0) is 36.1 Å². The third-order valence-electron chi connectivity index (χ3n) is 4.86. The van der Waals surface area contributed by atoms with E-state index in [2.05, 4.69) is 39.8 Å². The van der Waals surface area contributed by atoms with Gasteiger partial charge in [-0.2, -0.15) is 0 Å². The lowest BCUT2D eigenvalue weighted by Gasteiger charge is -2.28. The Kier molecular flexibility index (Phi) is 6.99. The molecule has 0 saturated heterocycles. The Hall–Kier alpha value is -2.66. The average Bonchev–Trinajstić information content (AvgIpc) is 2.71. The molecule has 27 heavy (non-hydrogen) atoms. The normalized spacial score (nSPS) is 13.6. The Balaban J connectivity index is 1.27. The topological polar surface area (TPSA) is 61.4 Å². The molecule has 3 rings (SSSR count). The maximum absolute atomic E-state index is 12.0. The van der Waals surface area contributed by atoms with Crippen LogP contribution < -0.4 is 10.6 Å². The van der Waals surface area contributed by atoms with Crippen LogP contribution in [0.15, 0.2) is 54.6 Å². The van der Waals surface area contributed by atoms with E-state index in [-0.39, 0.29) is 11.8 Å². The molecule has 1 aliphatic rings.